The molecule has 2 aliphatic heterocycles. The molecule has 9 aromatic rings. The fraction of sp³-hybridized carbons (Fsp3) is 0.222. The van der Waals surface area contributed by atoms with Gasteiger partial charge in [-0.15, -0.1) is 0 Å². The molecule has 0 amide bonds. The number of carbonyl (C=O) groups is 4. The van der Waals surface area contributed by atoms with Crippen LogP contribution in [0.5, 0.6) is 0 Å². The molecule has 0 radical (unpaired) electrons. The Morgan fingerprint density at radius 2 is 0.476 bits per heavy atom. The molecular formula is C72H66N4O8. The molecule has 0 spiro atoms. The number of carboxylic acids is 4. The Balaban J connectivity index is 1.43. The molecule has 0 unspecified atom stereocenters. The lowest BCUT2D eigenvalue weighted by Crippen LogP contribution is -2.10. The Morgan fingerprint density at radius 3 is 0.631 bits per heavy atom. The van der Waals surface area contributed by atoms with Crippen molar-refractivity contribution in [2.45, 2.75) is 105 Å². The number of H-pyrrole nitrogens is 2. The average molecular weight is 1120 g/mol. The molecule has 0 fully saturated rings. The Hall–Kier alpha value is -9.68. The molecule has 11 rings (SSSR count). The van der Waals surface area contributed by atoms with Gasteiger partial charge in [0.1, 0.15) is 0 Å². The van der Waals surface area contributed by atoms with E-state index in [0.29, 0.717) is 89.4 Å². The van der Waals surface area contributed by atoms with Crippen LogP contribution in [0.1, 0.15) is 147 Å². The van der Waals surface area contributed by atoms with Gasteiger partial charge in [0.05, 0.1) is 45.0 Å². The van der Waals surface area contributed by atoms with E-state index < -0.39 is 46.1 Å². The molecule has 0 saturated carbocycles. The van der Waals surface area contributed by atoms with E-state index in [9.17, 15) is 39.6 Å². The molecule has 6 N–H and O–H groups in total. The number of benzene rings is 6. The van der Waals surface area contributed by atoms with E-state index in [1.54, 1.807) is 0 Å². The highest BCUT2D eigenvalue weighted by Crippen LogP contribution is 2.51. The highest BCUT2D eigenvalue weighted by molar-refractivity contribution is 6.12. The van der Waals surface area contributed by atoms with Gasteiger partial charge in [-0.25, -0.2) is 29.1 Å². The van der Waals surface area contributed by atoms with Gasteiger partial charge in [-0.1, -0.05) is 180 Å². The van der Waals surface area contributed by atoms with Gasteiger partial charge < -0.3 is 30.4 Å². The molecule has 0 atom stereocenters. The van der Waals surface area contributed by atoms with E-state index in [1.807, 2.05) is 72.8 Å². The van der Waals surface area contributed by atoms with Crippen molar-refractivity contribution in [3.63, 3.8) is 0 Å². The predicted molar refractivity (Wildman–Crippen MR) is 334 cm³/mol. The maximum absolute atomic E-state index is 13.3. The van der Waals surface area contributed by atoms with Crippen LogP contribution >= 0.6 is 0 Å². The second-order valence-corrected chi connectivity index (χ2v) is 26.1. The van der Waals surface area contributed by atoms with E-state index in [4.69, 9.17) is 9.97 Å². The molecule has 0 saturated heterocycles. The monoisotopic (exact) mass is 1110 g/mol. The Bertz CT molecular complexity index is 3860. The first-order valence-electron chi connectivity index (χ1n) is 28.0. The number of nitrogens with one attached hydrogen (secondary N) is 2. The van der Waals surface area contributed by atoms with E-state index in [0.717, 1.165) is 44.5 Å². The van der Waals surface area contributed by atoms with Crippen molar-refractivity contribution in [1.29, 1.82) is 0 Å². The number of aromatic amines is 2. The van der Waals surface area contributed by atoms with Crippen LogP contribution in [0.2, 0.25) is 0 Å². The zero-order valence-corrected chi connectivity index (χ0v) is 49.2. The summed E-state index contributed by atoms with van der Waals surface area (Å²) in [4.78, 5) is 71.9. The number of aromatic nitrogens is 4. The number of fused-ring (bicyclic) bond motifs is 14. The SMILES string of the molecule is CC(C)(C)c1ccc(-c2c3nc(c(-c4ccc(C(C)(C)C)cc4)c4ccc([nH]4)c(-c4ccc(C(C)(C)C)cc4)c4nc(c(-c5ccc(C(C)(C)C)cc5)c5ccc2[nH]5)-c2cc(C(=O)O)c(C(=O)O)cc2-4)-c2cc(C(=O)O)c(C(=O)O)cc2-3)cc1. The number of rotatable bonds is 8. The summed E-state index contributed by atoms with van der Waals surface area (Å²) >= 11 is 0. The van der Waals surface area contributed by atoms with Gasteiger partial charge in [-0.2, -0.15) is 0 Å². The van der Waals surface area contributed by atoms with E-state index in [-0.39, 0.29) is 21.7 Å². The summed E-state index contributed by atoms with van der Waals surface area (Å²) in [6.45, 7) is 25.6. The summed E-state index contributed by atoms with van der Waals surface area (Å²) in [6, 6.07) is 45.9. The first kappa shape index (κ1) is 56.2. The molecule has 5 heterocycles. The van der Waals surface area contributed by atoms with Crippen LogP contribution in [-0.2, 0) is 21.7 Å². The molecule has 12 nitrogen and oxygen atoms in total. The van der Waals surface area contributed by atoms with Gasteiger partial charge in [0, 0.05) is 66.6 Å². The van der Waals surface area contributed by atoms with Crippen molar-refractivity contribution in [3.8, 4) is 89.5 Å². The largest absolute Gasteiger partial charge is 0.478 e. The van der Waals surface area contributed by atoms with E-state index in [1.165, 1.54) is 24.3 Å². The number of carboxylic acid groups (broad SMARTS) is 4. The van der Waals surface area contributed by atoms with Crippen LogP contribution in [0.25, 0.3) is 112 Å². The van der Waals surface area contributed by atoms with Crippen molar-refractivity contribution in [1.82, 2.24) is 19.9 Å². The van der Waals surface area contributed by atoms with E-state index >= 15 is 0 Å². The van der Waals surface area contributed by atoms with Crippen LogP contribution in [0.4, 0.5) is 0 Å². The van der Waals surface area contributed by atoms with Gasteiger partial charge in [-0.05, 0) is 115 Å². The minimum absolute atomic E-state index is 0.216. The summed E-state index contributed by atoms with van der Waals surface area (Å²) in [6.07, 6.45) is 0. The molecular weight excluding hydrogens is 1050 g/mol. The molecule has 8 bridgehead atoms. The van der Waals surface area contributed by atoms with Crippen LogP contribution in [0, 0.1) is 0 Å². The van der Waals surface area contributed by atoms with Gasteiger partial charge in [0.25, 0.3) is 0 Å². The summed E-state index contributed by atoms with van der Waals surface area (Å²) in [5.74, 6) is -5.66. The van der Waals surface area contributed by atoms with Gasteiger partial charge >= 0.3 is 23.9 Å². The molecule has 2 aliphatic rings. The smallest absolute Gasteiger partial charge is 0.336 e. The quantitative estimate of drug-likeness (QED) is 0.0849. The van der Waals surface area contributed by atoms with Gasteiger partial charge in [0.2, 0.25) is 0 Å². The van der Waals surface area contributed by atoms with Crippen molar-refractivity contribution in [2.24, 2.45) is 0 Å². The van der Waals surface area contributed by atoms with Crippen LogP contribution in [0.3, 0.4) is 0 Å². The fourth-order valence-corrected chi connectivity index (χ4v) is 11.5. The molecule has 84 heavy (non-hydrogen) atoms. The topological polar surface area (TPSA) is 207 Å². The van der Waals surface area contributed by atoms with Crippen LogP contribution < -0.4 is 0 Å². The lowest BCUT2D eigenvalue weighted by molar-refractivity contribution is 0.0651. The average Bonchev–Trinajstić information content (AvgIpc) is 1.86. The maximum atomic E-state index is 13.3. The van der Waals surface area contributed by atoms with Crippen molar-refractivity contribution in [3.05, 3.63) is 190 Å². The van der Waals surface area contributed by atoms with Crippen LogP contribution in [0.15, 0.2) is 146 Å². The zero-order chi connectivity index (χ0) is 60.3. The number of hydrogen-bond acceptors (Lipinski definition) is 6. The minimum atomic E-state index is -1.42. The van der Waals surface area contributed by atoms with Crippen molar-refractivity contribution >= 4 is 45.9 Å². The van der Waals surface area contributed by atoms with Crippen molar-refractivity contribution < 1.29 is 39.6 Å². The maximum Gasteiger partial charge on any atom is 0.336 e. The normalized spacial score (nSPS) is 12.4. The zero-order valence-electron chi connectivity index (χ0n) is 49.2. The highest BCUT2D eigenvalue weighted by Gasteiger charge is 2.33. The number of nitrogens with zero attached hydrogens (tertiary/aromatic N) is 2. The molecule has 12 heteroatoms. The third-order valence-electron chi connectivity index (χ3n) is 16.3. The Labute approximate surface area is 487 Å². The minimum Gasteiger partial charge on any atom is -0.478 e. The Morgan fingerprint density at radius 1 is 0.298 bits per heavy atom. The predicted octanol–water partition coefficient (Wildman–Crippen LogP) is 17.6. The molecule has 6 aromatic carbocycles. The number of hydrogen-bond donors (Lipinski definition) is 6. The highest BCUT2D eigenvalue weighted by atomic mass is 16.4. The summed E-state index contributed by atoms with van der Waals surface area (Å²) in [7, 11) is 0. The first-order valence-corrected chi connectivity index (χ1v) is 28.0. The molecule has 3 aromatic heterocycles. The fourth-order valence-electron chi connectivity index (χ4n) is 11.5. The lowest BCUT2D eigenvalue weighted by Gasteiger charge is -2.19. The second-order valence-electron chi connectivity index (χ2n) is 26.1. The standard InChI is InChI=1S/C72H66N4O8/c1-69(2,3)41-21-13-37(14-22-41)57-53-29-30-54(73-53)58(38-15-23-42(24-16-38)70(4,5)6)63-47-35-51(67(81)82)52(68(83)84)36-48(47)64(76-63)60(40-19-27-44(28-20-40)72(10,11)12)56-32-31-55(74-56)59(39-17-25-43(26-18-39)71(7,8)9)62-46-34-50(66(79)80)49(65(77)78)33-45(46)61(57)75-62/h13-36,73-74H,1-12H3,(H,77,78)(H,79,80)(H,81,82)(H,83,84). The summed E-state index contributed by atoms with van der Waals surface area (Å²) < 4.78 is 0. The molecule has 0 aliphatic carbocycles. The lowest BCUT2D eigenvalue weighted by atomic mass is 9.85. The third-order valence-corrected chi connectivity index (χ3v) is 16.3. The first-order chi connectivity index (χ1) is 39.5. The Kier molecular flexibility index (Phi) is 13.4. The summed E-state index contributed by atoms with van der Waals surface area (Å²) in [5, 5.41) is 43.2. The number of aromatic carboxylic acids is 4. The van der Waals surface area contributed by atoms with Gasteiger partial charge in [0.15, 0.2) is 0 Å². The van der Waals surface area contributed by atoms with Gasteiger partial charge in [-0.3, -0.25) is 0 Å². The van der Waals surface area contributed by atoms with Crippen LogP contribution in [-0.4, -0.2) is 64.2 Å². The molecule has 422 valence electrons. The third kappa shape index (κ3) is 9.95. The van der Waals surface area contributed by atoms with Crippen molar-refractivity contribution in [2.75, 3.05) is 0 Å². The summed E-state index contributed by atoms with van der Waals surface area (Å²) in [5.41, 5.74) is 12.4. The second kappa shape index (κ2) is 20.0. The van der Waals surface area contributed by atoms with E-state index in [2.05, 4.69) is 142 Å².